The van der Waals surface area contributed by atoms with Crippen molar-refractivity contribution in [3.63, 3.8) is 0 Å². The highest BCUT2D eigenvalue weighted by atomic mass is 32.2. The lowest BCUT2D eigenvalue weighted by atomic mass is 10.6. The first-order valence-electron chi connectivity index (χ1n) is 7.31. The van der Waals surface area contributed by atoms with Crippen LogP contribution < -0.4 is 5.32 Å². The minimum atomic E-state index is -3.15. The molecule has 0 rings (SSSR count). The van der Waals surface area contributed by atoms with E-state index in [1.807, 2.05) is 20.8 Å². The molecule has 0 spiro atoms. The molecule has 0 aliphatic carbocycles. The number of carbonyl (C=O) groups is 1. The summed E-state index contributed by atoms with van der Waals surface area (Å²) in [5.41, 5.74) is 0. The Morgan fingerprint density at radius 2 is 1.23 bits per heavy atom. The maximum atomic E-state index is 10.7. The van der Waals surface area contributed by atoms with Crippen molar-refractivity contribution in [2.75, 3.05) is 46.4 Å². The first-order chi connectivity index (χ1) is 10.7. The lowest BCUT2D eigenvalue weighted by Gasteiger charge is -2.12. The van der Waals surface area contributed by atoms with Crippen LogP contribution in [0.1, 0.15) is 56.9 Å². The molecule has 0 aliphatic rings. The molecule has 0 heterocycles. The Morgan fingerprint density at radius 1 is 0.885 bits per heavy atom. The van der Waals surface area contributed by atoms with E-state index in [0.717, 1.165) is 17.1 Å². The number of nitrogens with one attached hydrogen (secondary N) is 1. The van der Waals surface area contributed by atoms with Crippen LogP contribution in [0.5, 0.6) is 0 Å². The van der Waals surface area contributed by atoms with Crippen molar-refractivity contribution in [3.05, 3.63) is 0 Å². The van der Waals surface area contributed by atoms with Gasteiger partial charge in [-0.15, -0.1) is 0 Å². The second-order valence-corrected chi connectivity index (χ2v) is 6.00. The van der Waals surface area contributed by atoms with E-state index in [1.54, 1.807) is 6.92 Å². The van der Waals surface area contributed by atoms with Crippen LogP contribution >= 0.6 is 0 Å². The molecule has 166 valence electrons. The van der Waals surface area contributed by atoms with Crippen molar-refractivity contribution in [1.82, 2.24) is 9.62 Å². The van der Waals surface area contributed by atoms with Gasteiger partial charge in [0.2, 0.25) is 15.9 Å². The van der Waals surface area contributed by atoms with Crippen LogP contribution in [0.4, 0.5) is 0 Å². The molecule has 0 atom stereocenters. The van der Waals surface area contributed by atoms with E-state index >= 15 is 0 Å². The molecule has 0 saturated heterocycles. The van der Waals surface area contributed by atoms with E-state index in [9.17, 15) is 13.2 Å². The molecule has 0 aliphatic heterocycles. The maximum absolute atomic E-state index is 10.7. The Labute approximate surface area is 162 Å². The zero-order valence-electron chi connectivity index (χ0n) is 15.2. The minimum Gasteiger partial charge on any atom is -0.357 e. The fourth-order valence-corrected chi connectivity index (χ4v) is 0.941. The van der Waals surface area contributed by atoms with Crippen LogP contribution in [0.2, 0.25) is 0 Å². The first kappa shape index (κ1) is 40.0. The summed E-state index contributed by atoms with van der Waals surface area (Å²) in [6, 6.07) is 0. The van der Waals surface area contributed by atoms with Gasteiger partial charge in [0.05, 0.1) is 26.1 Å². The molecular formula is C16H44N2O7S. The monoisotopic (exact) mass is 408 g/mol. The summed E-state index contributed by atoms with van der Waals surface area (Å²) in [5, 5.41) is 2.57. The van der Waals surface area contributed by atoms with Crippen molar-refractivity contribution >= 4 is 15.9 Å². The second-order valence-electron chi connectivity index (χ2n) is 3.91. The van der Waals surface area contributed by atoms with Gasteiger partial charge in [0.15, 0.2) is 0 Å². The normalized spacial score (nSPS) is 9.08. The number of amides is 1. The highest BCUT2D eigenvalue weighted by Gasteiger charge is 2.09. The lowest BCUT2D eigenvalue weighted by molar-refractivity contribution is -0.303. The summed E-state index contributed by atoms with van der Waals surface area (Å²) in [6.45, 7) is 11.2. The van der Waals surface area contributed by atoms with Gasteiger partial charge in [0.1, 0.15) is 6.73 Å². The SMILES string of the molecule is C.C.C.CCNC(C)=O.CCOOCC.CCOOCN(C)S(C)(=O)=O. The second kappa shape index (κ2) is 29.0. The molecule has 26 heavy (non-hydrogen) atoms. The zero-order valence-corrected chi connectivity index (χ0v) is 16.1. The van der Waals surface area contributed by atoms with Gasteiger partial charge in [-0.1, -0.05) is 22.3 Å². The molecule has 0 radical (unpaired) electrons. The minimum absolute atomic E-state index is 0. The standard InChI is InChI=1S/C5H13NO4S.C4H9NO.C4H10O2.3CH4/c1-4-9-10-5-6(2)11(3,7)8;1-3-5-4(2)6;1-3-5-6-4-2;;;/h4-5H2,1-3H3;3H2,1-2H3,(H,5,6);3-4H2,1-2H3;3*1H4. The van der Waals surface area contributed by atoms with Gasteiger partial charge < -0.3 is 5.32 Å². The van der Waals surface area contributed by atoms with Crippen molar-refractivity contribution in [1.29, 1.82) is 0 Å². The Morgan fingerprint density at radius 3 is 1.42 bits per heavy atom. The van der Waals surface area contributed by atoms with E-state index in [4.69, 9.17) is 0 Å². The zero-order chi connectivity index (χ0) is 18.7. The average Bonchev–Trinajstić information content (AvgIpc) is 2.45. The lowest BCUT2D eigenvalue weighted by Crippen LogP contribution is -2.28. The van der Waals surface area contributed by atoms with Gasteiger partial charge in [0, 0.05) is 20.5 Å². The predicted octanol–water partition coefficient (Wildman–Crippen LogP) is 2.83. The van der Waals surface area contributed by atoms with Gasteiger partial charge in [0.25, 0.3) is 0 Å². The van der Waals surface area contributed by atoms with Crippen molar-refractivity contribution in [3.8, 4) is 0 Å². The molecule has 0 fully saturated rings. The Hall–Kier alpha value is -0.780. The number of rotatable bonds is 9. The average molecular weight is 409 g/mol. The van der Waals surface area contributed by atoms with Crippen LogP contribution in [-0.2, 0) is 34.4 Å². The molecule has 1 N–H and O–H groups in total. The van der Waals surface area contributed by atoms with E-state index in [2.05, 4.69) is 24.9 Å². The summed E-state index contributed by atoms with van der Waals surface area (Å²) in [6.07, 6.45) is 1.10. The number of nitrogens with zero attached hydrogens (tertiary/aromatic N) is 1. The van der Waals surface area contributed by atoms with E-state index in [0.29, 0.717) is 19.8 Å². The largest absolute Gasteiger partial charge is 0.357 e. The fourth-order valence-electron chi connectivity index (χ4n) is 0.706. The fraction of sp³-hybridized carbons (Fsp3) is 0.938. The topological polar surface area (TPSA) is 103 Å². The van der Waals surface area contributed by atoms with Crippen molar-refractivity contribution in [2.45, 2.75) is 56.9 Å². The third-order valence-corrected chi connectivity index (χ3v) is 2.98. The third kappa shape index (κ3) is 43.6. The van der Waals surface area contributed by atoms with Gasteiger partial charge >= 0.3 is 0 Å². The van der Waals surface area contributed by atoms with Crippen molar-refractivity contribution < 1.29 is 32.8 Å². The molecular weight excluding hydrogens is 364 g/mol. The molecule has 0 bridgehead atoms. The van der Waals surface area contributed by atoms with Gasteiger partial charge in [-0.25, -0.2) is 28.0 Å². The van der Waals surface area contributed by atoms with Crippen LogP contribution in [0.3, 0.4) is 0 Å². The Balaban J connectivity index is -0.0000000583. The first-order valence-corrected chi connectivity index (χ1v) is 9.16. The molecule has 1 amide bonds. The maximum Gasteiger partial charge on any atom is 0.216 e. The predicted molar refractivity (Wildman–Crippen MR) is 108 cm³/mol. The van der Waals surface area contributed by atoms with Gasteiger partial charge in [-0.3, -0.25) is 4.79 Å². The molecule has 0 aromatic carbocycles. The molecule has 0 saturated carbocycles. The van der Waals surface area contributed by atoms with Crippen LogP contribution in [-0.4, -0.2) is 65.0 Å². The summed E-state index contributed by atoms with van der Waals surface area (Å²) < 4.78 is 22.5. The van der Waals surface area contributed by atoms with E-state index < -0.39 is 10.0 Å². The molecule has 0 unspecified atom stereocenters. The quantitative estimate of drug-likeness (QED) is 0.271. The Bertz CT molecular complexity index is 349. The number of carbonyl (C=O) groups excluding carboxylic acids is 1. The summed E-state index contributed by atoms with van der Waals surface area (Å²) >= 11 is 0. The Kier molecular flexibility index (Phi) is 44.7. The van der Waals surface area contributed by atoms with Crippen LogP contribution in [0.15, 0.2) is 0 Å². The van der Waals surface area contributed by atoms with Gasteiger partial charge in [-0.05, 0) is 27.7 Å². The third-order valence-electron chi connectivity index (χ3n) is 1.75. The molecule has 0 aromatic rings. The number of sulfonamides is 1. The highest BCUT2D eigenvalue weighted by Crippen LogP contribution is 1.92. The van der Waals surface area contributed by atoms with Crippen molar-refractivity contribution in [2.24, 2.45) is 0 Å². The molecule has 10 heteroatoms. The molecule has 0 aromatic heterocycles. The summed E-state index contributed by atoms with van der Waals surface area (Å²) in [5.74, 6) is 0.0394. The van der Waals surface area contributed by atoms with Crippen LogP contribution in [0.25, 0.3) is 0 Å². The summed E-state index contributed by atoms with van der Waals surface area (Å²) in [7, 11) is -1.74. The van der Waals surface area contributed by atoms with E-state index in [1.165, 1.54) is 14.0 Å². The number of hydrogen-bond donors (Lipinski definition) is 1. The molecule has 9 nitrogen and oxygen atoms in total. The van der Waals surface area contributed by atoms with Crippen LogP contribution in [0, 0.1) is 0 Å². The van der Waals surface area contributed by atoms with E-state index in [-0.39, 0.29) is 34.9 Å². The highest BCUT2D eigenvalue weighted by molar-refractivity contribution is 7.88. The van der Waals surface area contributed by atoms with Gasteiger partial charge in [-0.2, -0.15) is 4.31 Å². The summed E-state index contributed by atoms with van der Waals surface area (Å²) in [4.78, 5) is 27.9. The smallest absolute Gasteiger partial charge is 0.216 e. The number of hydrogen-bond acceptors (Lipinski definition) is 7.